The average Bonchev–Trinajstić information content (AvgIpc) is 1.75. The number of alkyl halides is 2. The molecule has 4 fully saturated rings. The van der Waals surface area contributed by atoms with E-state index in [1.54, 1.807) is 0 Å². The lowest BCUT2D eigenvalue weighted by Crippen LogP contribution is -2.53. The van der Waals surface area contributed by atoms with Gasteiger partial charge in [0.15, 0.2) is 0 Å². The fraction of sp³-hybridized carbons (Fsp3) is 1.00. The predicted molar refractivity (Wildman–Crippen MR) is 54.9 cm³/mol. The zero-order valence-corrected chi connectivity index (χ0v) is 9.50. The SMILES string of the molecule is ClC12CC3CC(C1)CC(Br)(C3)C2. The van der Waals surface area contributed by atoms with Crippen molar-refractivity contribution in [1.82, 2.24) is 0 Å². The van der Waals surface area contributed by atoms with E-state index in [0.717, 1.165) is 11.8 Å². The Labute approximate surface area is 87.2 Å². The maximum Gasteiger partial charge on any atom is 0.0465 e. The quantitative estimate of drug-likeness (QED) is 0.574. The molecule has 12 heavy (non-hydrogen) atoms. The van der Waals surface area contributed by atoms with Gasteiger partial charge in [-0.2, -0.15) is 0 Å². The summed E-state index contributed by atoms with van der Waals surface area (Å²) in [6.07, 6.45) is 8.03. The van der Waals surface area contributed by atoms with Crippen molar-refractivity contribution in [1.29, 1.82) is 0 Å². The molecule has 0 aliphatic heterocycles. The van der Waals surface area contributed by atoms with Crippen LogP contribution in [0.2, 0.25) is 0 Å². The fourth-order valence-corrected chi connectivity index (χ4v) is 6.35. The highest BCUT2D eigenvalue weighted by molar-refractivity contribution is 9.10. The highest BCUT2D eigenvalue weighted by atomic mass is 79.9. The summed E-state index contributed by atoms with van der Waals surface area (Å²) >= 11 is 10.5. The second-order valence-electron chi connectivity index (χ2n) is 5.26. The van der Waals surface area contributed by atoms with Gasteiger partial charge >= 0.3 is 0 Å². The molecule has 4 saturated carbocycles. The van der Waals surface area contributed by atoms with Gasteiger partial charge in [0.25, 0.3) is 0 Å². The third kappa shape index (κ3) is 1.09. The summed E-state index contributed by atoms with van der Waals surface area (Å²) in [5.74, 6) is 1.87. The van der Waals surface area contributed by atoms with E-state index in [1.165, 1.54) is 38.5 Å². The van der Waals surface area contributed by atoms with Crippen molar-refractivity contribution in [2.45, 2.75) is 47.7 Å². The van der Waals surface area contributed by atoms with E-state index in [9.17, 15) is 0 Å². The van der Waals surface area contributed by atoms with Crippen LogP contribution in [0.5, 0.6) is 0 Å². The number of hydrogen-bond donors (Lipinski definition) is 0. The molecular formula is C10H14BrCl. The van der Waals surface area contributed by atoms with Crippen molar-refractivity contribution in [3.63, 3.8) is 0 Å². The van der Waals surface area contributed by atoms with E-state index >= 15 is 0 Å². The van der Waals surface area contributed by atoms with Crippen LogP contribution in [0.25, 0.3) is 0 Å². The Kier molecular flexibility index (Phi) is 1.50. The Balaban J connectivity index is 1.98. The van der Waals surface area contributed by atoms with Crippen LogP contribution in [-0.2, 0) is 0 Å². The van der Waals surface area contributed by atoms with E-state index < -0.39 is 0 Å². The number of halogens is 2. The monoisotopic (exact) mass is 248 g/mol. The molecular weight excluding hydrogens is 235 g/mol. The summed E-state index contributed by atoms with van der Waals surface area (Å²) in [6, 6.07) is 0. The molecule has 68 valence electrons. The van der Waals surface area contributed by atoms with Crippen LogP contribution in [0.1, 0.15) is 38.5 Å². The third-order valence-corrected chi connectivity index (χ3v) is 5.29. The highest BCUT2D eigenvalue weighted by Crippen LogP contribution is 2.62. The molecule has 4 aliphatic rings. The van der Waals surface area contributed by atoms with Gasteiger partial charge in [0.2, 0.25) is 0 Å². The van der Waals surface area contributed by atoms with E-state index in [0.29, 0.717) is 4.32 Å². The summed E-state index contributed by atoms with van der Waals surface area (Å²) in [5, 5.41) is 0. The minimum atomic E-state index is 0.188. The molecule has 2 heteroatoms. The average molecular weight is 250 g/mol. The standard InChI is InChI=1S/C10H14BrCl/c11-9-2-7-1-8(3-9)5-10(12,4-7)6-9/h7-8H,1-6H2. The second-order valence-corrected chi connectivity index (χ2v) is 7.75. The maximum absolute atomic E-state index is 6.59. The van der Waals surface area contributed by atoms with E-state index in [1.807, 2.05) is 0 Å². The number of rotatable bonds is 0. The molecule has 0 nitrogen and oxygen atoms in total. The Morgan fingerprint density at radius 1 is 1.08 bits per heavy atom. The van der Waals surface area contributed by atoms with Crippen LogP contribution in [0, 0.1) is 11.8 Å². The molecule has 0 amide bonds. The smallest absolute Gasteiger partial charge is 0.0465 e. The molecule has 4 bridgehead atoms. The third-order valence-electron chi connectivity index (χ3n) is 3.92. The van der Waals surface area contributed by atoms with Crippen molar-refractivity contribution >= 4 is 27.5 Å². The van der Waals surface area contributed by atoms with Gasteiger partial charge in [-0.1, -0.05) is 15.9 Å². The minimum Gasteiger partial charge on any atom is -0.119 e. The first-order valence-electron chi connectivity index (χ1n) is 4.95. The highest BCUT2D eigenvalue weighted by Gasteiger charge is 2.55. The molecule has 4 aliphatic carbocycles. The summed E-state index contributed by atoms with van der Waals surface area (Å²) < 4.78 is 0.443. The summed E-state index contributed by atoms with van der Waals surface area (Å²) in [4.78, 5) is 0.188. The minimum absolute atomic E-state index is 0.188. The second kappa shape index (κ2) is 2.23. The van der Waals surface area contributed by atoms with Gasteiger partial charge in [-0.15, -0.1) is 11.6 Å². The van der Waals surface area contributed by atoms with Gasteiger partial charge in [0.1, 0.15) is 0 Å². The fourth-order valence-electron chi connectivity index (χ4n) is 4.04. The molecule has 4 rings (SSSR count). The van der Waals surface area contributed by atoms with Gasteiger partial charge in [0.05, 0.1) is 0 Å². The normalized spacial score (nSPS) is 62.5. The Morgan fingerprint density at radius 3 is 2.08 bits per heavy atom. The van der Waals surface area contributed by atoms with Crippen molar-refractivity contribution in [2.75, 3.05) is 0 Å². The summed E-state index contributed by atoms with van der Waals surface area (Å²) in [7, 11) is 0. The first-order valence-corrected chi connectivity index (χ1v) is 6.12. The molecule has 0 spiro atoms. The first kappa shape index (κ1) is 8.11. The van der Waals surface area contributed by atoms with Crippen LogP contribution < -0.4 is 0 Å². The van der Waals surface area contributed by atoms with Crippen molar-refractivity contribution in [3.8, 4) is 0 Å². The van der Waals surface area contributed by atoms with Gasteiger partial charge in [-0.3, -0.25) is 0 Å². The molecule has 0 aromatic rings. The molecule has 0 radical (unpaired) electrons. The molecule has 0 aromatic heterocycles. The maximum atomic E-state index is 6.59. The molecule has 0 aromatic carbocycles. The lowest BCUT2D eigenvalue weighted by Gasteiger charge is -2.58. The van der Waals surface area contributed by atoms with Gasteiger partial charge in [0, 0.05) is 9.20 Å². The van der Waals surface area contributed by atoms with Crippen LogP contribution in [0.4, 0.5) is 0 Å². The Hall–Kier alpha value is 0.770. The van der Waals surface area contributed by atoms with Crippen molar-refractivity contribution < 1.29 is 0 Å². The zero-order chi connectivity index (χ0) is 8.40. The molecule has 2 unspecified atom stereocenters. The van der Waals surface area contributed by atoms with E-state index in [4.69, 9.17) is 11.6 Å². The number of hydrogen-bond acceptors (Lipinski definition) is 0. The van der Waals surface area contributed by atoms with Crippen LogP contribution >= 0.6 is 27.5 Å². The van der Waals surface area contributed by atoms with Crippen LogP contribution in [0.15, 0.2) is 0 Å². The molecule has 2 atom stereocenters. The van der Waals surface area contributed by atoms with E-state index in [-0.39, 0.29) is 4.87 Å². The van der Waals surface area contributed by atoms with Crippen LogP contribution in [0.3, 0.4) is 0 Å². The Morgan fingerprint density at radius 2 is 1.67 bits per heavy atom. The first-order chi connectivity index (χ1) is 5.57. The predicted octanol–water partition coefficient (Wildman–Crippen LogP) is 3.71. The van der Waals surface area contributed by atoms with Gasteiger partial charge < -0.3 is 0 Å². The lowest BCUT2D eigenvalue weighted by atomic mass is 9.56. The van der Waals surface area contributed by atoms with Crippen LogP contribution in [-0.4, -0.2) is 9.20 Å². The van der Waals surface area contributed by atoms with Crippen molar-refractivity contribution in [3.05, 3.63) is 0 Å². The molecule has 0 N–H and O–H groups in total. The largest absolute Gasteiger partial charge is 0.119 e. The molecule has 0 heterocycles. The topological polar surface area (TPSA) is 0 Å². The van der Waals surface area contributed by atoms with E-state index in [2.05, 4.69) is 15.9 Å². The Bertz CT molecular complexity index is 192. The lowest BCUT2D eigenvalue weighted by molar-refractivity contribution is 0.0571. The summed E-state index contributed by atoms with van der Waals surface area (Å²) in [6.45, 7) is 0. The van der Waals surface area contributed by atoms with Gasteiger partial charge in [-0.05, 0) is 50.4 Å². The van der Waals surface area contributed by atoms with Gasteiger partial charge in [-0.25, -0.2) is 0 Å². The van der Waals surface area contributed by atoms with Crippen molar-refractivity contribution in [2.24, 2.45) is 11.8 Å². The molecule has 0 saturated heterocycles. The summed E-state index contributed by atoms with van der Waals surface area (Å²) in [5.41, 5.74) is 0. The zero-order valence-electron chi connectivity index (χ0n) is 7.15.